The van der Waals surface area contributed by atoms with Gasteiger partial charge in [-0.3, -0.25) is 4.79 Å². The third-order valence-electron chi connectivity index (χ3n) is 3.54. The highest BCUT2D eigenvalue weighted by molar-refractivity contribution is 6.30. The van der Waals surface area contributed by atoms with Gasteiger partial charge in [-0.1, -0.05) is 24.4 Å². The molecule has 0 saturated carbocycles. The van der Waals surface area contributed by atoms with Crippen molar-refractivity contribution in [2.45, 2.75) is 31.7 Å². The summed E-state index contributed by atoms with van der Waals surface area (Å²) >= 11 is 5.76. The van der Waals surface area contributed by atoms with Crippen molar-refractivity contribution < 1.29 is 15.0 Å². The summed E-state index contributed by atoms with van der Waals surface area (Å²) in [5.74, 6) is -0.353. The zero-order chi connectivity index (χ0) is 13.8. The van der Waals surface area contributed by atoms with E-state index in [1.54, 1.807) is 11.0 Å². The fourth-order valence-electron chi connectivity index (χ4n) is 2.47. The van der Waals surface area contributed by atoms with Gasteiger partial charge in [-0.2, -0.15) is 0 Å². The zero-order valence-electron chi connectivity index (χ0n) is 10.7. The first-order valence-electron chi connectivity index (χ1n) is 6.54. The Morgan fingerprint density at radius 1 is 1.37 bits per heavy atom. The molecule has 1 saturated heterocycles. The monoisotopic (exact) mass is 283 g/mol. The molecule has 0 radical (unpaired) electrons. The van der Waals surface area contributed by atoms with E-state index in [-0.39, 0.29) is 29.9 Å². The minimum absolute atomic E-state index is 0.0416. The van der Waals surface area contributed by atoms with E-state index in [0.29, 0.717) is 11.6 Å². The van der Waals surface area contributed by atoms with Gasteiger partial charge in [0.25, 0.3) is 5.91 Å². The van der Waals surface area contributed by atoms with Crippen LogP contribution in [-0.4, -0.2) is 40.2 Å². The van der Waals surface area contributed by atoms with Gasteiger partial charge in [-0.25, -0.2) is 0 Å². The number of likely N-dealkylation sites (tertiary alicyclic amines) is 1. The number of halogens is 1. The van der Waals surface area contributed by atoms with Gasteiger partial charge in [0.05, 0.1) is 18.2 Å². The van der Waals surface area contributed by atoms with Crippen molar-refractivity contribution in [1.82, 2.24) is 4.90 Å². The fraction of sp³-hybridized carbons (Fsp3) is 0.500. The molecule has 1 aliphatic heterocycles. The molecule has 0 spiro atoms. The van der Waals surface area contributed by atoms with Crippen LogP contribution < -0.4 is 0 Å². The number of aliphatic hydroxyl groups excluding tert-OH is 1. The molecule has 1 amide bonds. The van der Waals surface area contributed by atoms with Crippen molar-refractivity contribution in [3.8, 4) is 5.75 Å². The number of amides is 1. The van der Waals surface area contributed by atoms with Crippen LogP contribution in [0.4, 0.5) is 0 Å². The second-order valence-corrected chi connectivity index (χ2v) is 5.28. The third-order valence-corrected chi connectivity index (χ3v) is 3.77. The van der Waals surface area contributed by atoms with Crippen LogP contribution >= 0.6 is 11.6 Å². The van der Waals surface area contributed by atoms with Crippen LogP contribution in [-0.2, 0) is 0 Å². The molecule has 4 nitrogen and oxygen atoms in total. The number of carbonyl (C=O) groups excluding carboxylic acids is 1. The topological polar surface area (TPSA) is 60.8 Å². The highest BCUT2D eigenvalue weighted by Crippen LogP contribution is 2.26. The zero-order valence-corrected chi connectivity index (χ0v) is 11.4. The summed E-state index contributed by atoms with van der Waals surface area (Å²) in [4.78, 5) is 14.1. The molecule has 1 aliphatic rings. The van der Waals surface area contributed by atoms with Crippen molar-refractivity contribution in [1.29, 1.82) is 0 Å². The van der Waals surface area contributed by atoms with Gasteiger partial charge in [-0.15, -0.1) is 0 Å². The van der Waals surface area contributed by atoms with Crippen molar-refractivity contribution in [2.24, 2.45) is 0 Å². The Morgan fingerprint density at radius 2 is 2.16 bits per heavy atom. The first-order chi connectivity index (χ1) is 9.13. The molecular formula is C14H18ClNO3. The van der Waals surface area contributed by atoms with Crippen molar-refractivity contribution in [3.63, 3.8) is 0 Å². The van der Waals surface area contributed by atoms with Crippen molar-refractivity contribution >= 4 is 17.5 Å². The Bertz CT molecular complexity index is 464. The molecule has 0 aromatic heterocycles. The average Bonchev–Trinajstić information content (AvgIpc) is 2.63. The van der Waals surface area contributed by atoms with Gasteiger partial charge in [0.15, 0.2) is 0 Å². The van der Waals surface area contributed by atoms with E-state index in [1.165, 1.54) is 12.1 Å². The van der Waals surface area contributed by atoms with Crippen LogP contribution in [0.5, 0.6) is 5.75 Å². The quantitative estimate of drug-likeness (QED) is 0.876. The number of benzene rings is 1. The molecule has 104 valence electrons. The Labute approximate surface area is 117 Å². The number of rotatable bonds is 2. The molecule has 5 heteroatoms. The molecular weight excluding hydrogens is 266 g/mol. The maximum absolute atomic E-state index is 12.5. The number of hydrogen-bond donors (Lipinski definition) is 2. The van der Waals surface area contributed by atoms with Crippen LogP contribution in [0.2, 0.25) is 5.02 Å². The number of aromatic hydroxyl groups is 1. The molecule has 1 heterocycles. The van der Waals surface area contributed by atoms with E-state index in [9.17, 15) is 15.0 Å². The number of aliphatic hydroxyl groups is 1. The Morgan fingerprint density at radius 3 is 2.84 bits per heavy atom. The van der Waals surface area contributed by atoms with Crippen LogP contribution in [0.1, 0.15) is 36.0 Å². The van der Waals surface area contributed by atoms with Gasteiger partial charge in [0.1, 0.15) is 5.75 Å². The first kappa shape index (κ1) is 14.2. The SMILES string of the molecule is O=C(c1ccc(Cl)cc1O)N1CCCCCC1CO. The van der Waals surface area contributed by atoms with E-state index in [0.717, 1.165) is 25.7 Å². The summed E-state index contributed by atoms with van der Waals surface area (Å²) in [6, 6.07) is 4.31. The summed E-state index contributed by atoms with van der Waals surface area (Å²) in [5.41, 5.74) is 0.241. The smallest absolute Gasteiger partial charge is 0.257 e. The van der Waals surface area contributed by atoms with Gasteiger partial charge >= 0.3 is 0 Å². The second-order valence-electron chi connectivity index (χ2n) is 4.85. The molecule has 2 rings (SSSR count). The van der Waals surface area contributed by atoms with E-state index in [1.807, 2.05) is 0 Å². The highest BCUT2D eigenvalue weighted by atomic mass is 35.5. The van der Waals surface area contributed by atoms with E-state index >= 15 is 0 Å². The second kappa shape index (κ2) is 6.26. The Balaban J connectivity index is 2.25. The normalized spacial score (nSPS) is 20.1. The average molecular weight is 284 g/mol. The molecule has 2 N–H and O–H groups in total. The summed E-state index contributed by atoms with van der Waals surface area (Å²) in [6.07, 6.45) is 3.81. The van der Waals surface area contributed by atoms with Gasteiger partial charge in [0.2, 0.25) is 0 Å². The molecule has 0 aliphatic carbocycles. The van der Waals surface area contributed by atoms with Gasteiger partial charge in [-0.05, 0) is 31.0 Å². The number of carbonyl (C=O) groups is 1. The van der Waals surface area contributed by atoms with Crippen LogP contribution in [0.15, 0.2) is 18.2 Å². The van der Waals surface area contributed by atoms with Crippen LogP contribution in [0.25, 0.3) is 0 Å². The molecule has 1 unspecified atom stereocenters. The fourth-order valence-corrected chi connectivity index (χ4v) is 2.64. The lowest BCUT2D eigenvalue weighted by atomic mass is 10.1. The summed E-state index contributed by atoms with van der Waals surface area (Å²) in [5, 5.41) is 19.6. The highest BCUT2D eigenvalue weighted by Gasteiger charge is 2.27. The van der Waals surface area contributed by atoms with Crippen LogP contribution in [0, 0.1) is 0 Å². The summed E-state index contributed by atoms with van der Waals surface area (Å²) in [6.45, 7) is 0.576. The van der Waals surface area contributed by atoms with Gasteiger partial charge < -0.3 is 15.1 Å². The minimum Gasteiger partial charge on any atom is -0.507 e. The molecule has 1 atom stereocenters. The standard InChI is InChI=1S/C14H18ClNO3/c15-10-5-6-12(13(18)8-10)14(19)16-7-3-1-2-4-11(16)9-17/h5-6,8,11,17-18H,1-4,7,9H2. The molecule has 1 aromatic rings. The third kappa shape index (κ3) is 3.19. The molecule has 1 fully saturated rings. The first-order valence-corrected chi connectivity index (χ1v) is 6.91. The van der Waals surface area contributed by atoms with E-state index in [4.69, 9.17) is 11.6 Å². The Hall–Kier alpha value is -1.26. The lowest BCUT2D eigenvalue weighted by Crippen LogP contribution is -2.42. The molecule has 19 heavy (non-hydrogen) atoms. The lowest BCUT2D eigenvalue weighted by molar-refractivity contribution is 0.0597. The molecule has 1 aromatic carbocycles. The van der Waals surface area contributed by atoms with E-state index in [2.05, 4.69) is 0 Å². The number of hydrogen-bond acceptors (Lipinski definition) is 3. The predicted molar refractivity (Wildman–Crippen MR) is 73.5 cm³/mol. The maximum atomic E-state index is 12.5. The largest absolute Gasteiger partial charge is 0.507 e. The van der Waals surface area contributed by atoms with E-state index < -0.39 is 0 Å². The van der Waals surface area contributed by atoms with Crippen molar-refractivity contribution in [2.75, 3.05) is 13.2 Å². The summed E-state index contributed by atoms with van der Waals surface area (Å²) in [7, 11) is 0. The number of phenols is 1. The maximum Gasteiger partial charge on any atom is 0.257 e. The van der Waals surface area contributed by atoms with Crippen molar-refractivity contribution in [3.05, 3.63) is 28.8 Å². The minimum atomic E-state index is -0.241. The van der Waals surface area contributed by atoms with Gasteiger partial charge in [0, 0.05) is 11.6 Å². The lowest BCUT2D eigenvalue weighted by Gasteiger charge is -2.29. The molecule has 0 bridgehead atoms. The number of phenolic OH excluding ortho intramolecular Hbond substituents is 1. The summed E-state index contributed by atoms with van der Waals surface area (Å²) < 4.78 is 0. The van der Waals surface area contributed by atoms with Crippen LogP contribution in [0.3, 0.4) is 0 Å². The number of nitrogens with zero attached hydrogens (tertiary/aromatic N) is 1. The Kier molecular flexibility index (Phi) is 4.66. The predicted octanol–water partition coefficient (Wildman–Crippen LogP) is 2.42.